The standard InChI is InChI=1S/C16H19ClN2O3/c17-12-4-1-3-11(9-12)15(6-7-15)14(21)19-8-2-5-16(22,10-19)13(18)20/h1,3-4,9,22H,2,5-8,10H2,(H2,18,20). The molecule has 1 heterocycles. The second-order valence-electron chi connectivity index (χ2n) is 6.32. The highest BCUT2D eigenvalue weighted by Crippen LogP contribution is 2.50. The molecule has 2 amide bonds. The smallest absolute Gasteiger partial charge is 0.251 e. The fraction of sp³-hybridized carbons (Fsp3) is 0.500. The normalized spacial score (nSPS) is 26.5. The zero-order valence-electron chi connectivity index (χ0n) is 12.2. The van der Waals surface area contributed by atoms with Gasteiger partial charge in [0.05, 0.1) is 12.0 Å². The molecular weight excluding hydrogens is 304 g/mol. The first kappa shape index (κ1) is 15.3. The molecule has 0 aromatic heterocycles. The molecule has 1 aliphatic carbocycles. The molecule has 1 unspecified atom stereocenters. The van der Waals surface area contributed by atoms with Gasteiger partial charge in [-0.1, -0.05) is 23.7 Å². The molecule has 6 heteroatoms. The van der Waals surface area contributed by atoms with Gasteiger partial charge in [-0.25, -0.2) is 0 Å². The van der Waals surface area contributed by atoms with Gasteiger partial charge >= 0.3 is 0 Å². The van der Waals surface area contributed by atoms with Gasteiger partial charge in [-0.3, -0.25) is 9.59 Å². The molecule has 1 saturated heterocycles. The van der Waals surface area contributed by atoms with Crippen molar-refractivity contribution in [1.29, 1.82) is 0 Å². The molecule has 118 valence electrons. The van der Waals surface area contributed by atoms with Crippen LogP contribution in [0.15, 0.2) is 24.3 Å². The molecule has 1 aliphatic heterocycles. The summed E-state index contributed by atoms with van der Waals surface area (Å²) in [7, 11) is 0. The van der Waals surface area contributed by atoms with Crippen LogP contribution in [0.3, 0.4) is 0 Å². The Hall–Kier alpha value is -1.59. The van der Waals surface area contributed by atoms with Crippen molar-refractivity contribution in [3.8, 4) is 0 Å². The van der Waals surface area contributed by atoms with Gasteiger partial charge in [0.25, 0.3) is 5.91 Å². The van der Waals surface area contributed by atoms with Gasteiger partial charge in [-0.15, -0.1) is 0 Å². The number of likely N-dealkylation sites (tertiary alicyclic amines) is 1. The topological polar surface area (TPSA) is 83.6 Å². The number of hydrogen-bond donors (Lipinski definition) is 2. The number of halogens is 1. The average Bonchev–Trinajstić information content (AvgIpc) is 3.28. The van der Waals surface area contributed by atoms with E-state index in [9.17, 15) is 14.7 Å². The summed E-state index contributed by atoms with van der Waals surface area (Å²) >= 11 is 6.03. The molecule has 5 nitrogen and oxygen atoms in total. The Bertz CT molecular complexity index is 630. The molecule has 0 bridgehead atoms. The number of benzene rings is 1. The van der Waals surface area contributed by atoms with Crippen molar-refractivity contribution in [2.75, 3.05) is 13.1 Å². The van der Waals surface area contributed by atoms with E-state index in [1.807, 2.05) is 18.2 Å². The van der Waals surface area contributed by atoms with Gasteiger partial charge in [0.2, 0.25) is 5.91 Å². The van der Waals surface area contributed by atoms with Crippen molar-refractivity contribution >= 4 is 23.4 Å². The van der Waals surface area contributed by atoms with Gasteiger partial charge < -0.3 is 15.7 Å². The average molecular weight is 323 g/mol. The number of nitrogens with two attached hydrogens (primary N) is 1. The fourth-order valence-corrected chi connectivity index (χ4v) is 3.44. The Labute approximate surface area is 134 Å². The highest BCUT2D eigenvalue weighted by molar-refractivity contribution is 6.30. The Morgan fingerprint density at radius 2 is 2.00 bits per heavy atom. The van der Waals surface area contributed by atoms with Crippen LogP contribution in [-0.2, 0) is 15.0 Å². The lowest BCUT2D eigenvalue weighted by Gasteiger charge is -2.38. The van der Waals surface area contributed by atoms with E-state index < -0.39 is 16.9 Å². The summed E-state index contributed by atoms with van der Waals surface area (Å²) in [6, 6.07) is 7.33. The summed E-state index contributed by atoms with van der Waals surface area (Å²) in [5, 5.41) is 10.9. The minimum atomic E-state index is -1.61. The van der Waals surface area contributed by atoms with Gasteiger partial charge in [0, 0.05) is 11.6 Å². The van der Waals surface area contributed by atoms with Gasteiger partial charge in [-0.05, 0) is 43.4 Å². The maximum absolute atomic E-state index is 12.9. The summed E-state index contributed by atoms with van der Waals surface area (Å²) in [5.41, 5.74) is 4.01. The quantitative estimate of drug-likeness (QED) is 0.877. The molecule has 2 aliphatic rings. The number of primary amides is 1. The third-order valence-electron chi connectivity index (χ3n) is 4.75. The maximum Gasteiger partial charge on any atom is 0.251 e. The highest BCUT2D eigenvalue weighted by atomic mass is 35.5. The van der Waals surface area contributed by atoms with Crippen LogP contribution >= 0.6 is 11.6 Å². The fourth-order valence-electron chi connectivity index (χ4n) is 3.25. The van der Waals surface area contributed by atoms with Crippen molar-refractivity contribution in [2.45, 2.75) is 36.7 Å². The monoisotopic (exact) mass is 322 g/mol. The van der Waals surface area contributed by atoms with Crippen molar-refractivity contribution < 1.29 is 14.7 Å². The third kappa shape index (κ3) is 2.48. The predicted molar refractivity (Wildman–Crippen MR) is 82.3 cm³/mol. The molecule has 2 fully saturated rings. The lowest BCUT2D eigenvalue weighted by Crippen LogP contribution is -2.58. The molecule has 0 radical (unpaired) electrons. The van der Waals surface area contributed by atoms with Crippen molar-refractivity contribution in [2.24, 2.45) is 5.73 Å². The molecular formula is C16H19ClN2O3. The van der Waals surface area contributed by atoms with Crippen LogP contribution < -0.4 is 5.73 Å². The van der Waals surface area contributed by atoms with E-state index in [0.717, 1.165) is 18.4 Å². The minimum Gasteiger partial charge on any atom is -0.378 e. The van der Waals surface area contributed by atoms with E-state index in [1.54, 1.807) is 11.0 Å². The summed E-state index contributed by atoms with van der Waals surface area (Å²) in [6.07, 6.45) is 2.39. The molecule has 22 heavy (non-hydrogen) atoms. The number of aliphatic hydroxyl groups is 1. The summed E-state index contributed by atoms with van der Waals surface area (Å²) < 4.78 is 0. The van der Waals surface area contributed by atoms with E-state index in [1.165, 1.54) is 0 Å². The Morgan fingerprint density at radius 3 is 2.59 bits per heavy atom. The van der Waals surface area contributed by atoms with Gasteiger partial charge in [-0.2, -0.15) is 0 Å². The summed E-state index contributed by atoms with van der Waals surface area (Å²) in [6.45, 7) is 0.514. The zero-order chi connectivity index (χ0) is 16.0. The number of nitrogens with zero attached hydrogens (tertiary/aromatic N) is 1. The number of rotatable bonds is 3. The molecule has 3 N–H and O–H groups in total. The van der Waals surface area contributed by atoms with E-state index in [0.29, 0.717) is 24.4 Å². The Morgan fingerprint density at radius 1 is 1.27 bits per heavy atom. The number of carbonyl (C=O) groups excluding carboxylic acids is 2. The maximum atomic E-state index is 12.9. The van der Waals surface area contributed by atoms with Crippen LogP contribution in [0.4, 0.5) is 0 Å². The van der Waals surface area contributed by atoms with Crippen LogP contribution in [0.1, 0.15) is 31.2 Å². The molecule has 1 aromatic carbocycles. The first-order valence-corrected chi connectivity index (χ1v) is 7.83. The summed E-state index contributed by atoms with van der Waals surface area (Å²) in [4.78, 5) is 25.9. The predicted octanol–water partition coefficient (Wildman–Crippen LogP) is 1.21. The van der Waals surface area contributed by atoms with Crippen LogP contribution in [0.5, 0.6) is 0 Å². The minimum absolute atomic E-state index is 0.0243. The van der Waals surface area contributed by atoms with E-state index in [-0.39, 0.29) is 12.5 Å². The Balaban J connectivity index is 1.83. The number of hydrogen-bond acceptors (Lipinski definition) is 3. The molecule has 1 saturated carbocycles. The van der Waals surface area contributed by atoms with Gasteiger partial charge in [0.15, 0.2) is 5.60 Å². The number of carbonyl (C=O) groups is 2. The SMILES string of the molecule is NC(=O)C1(O)CCCN(C(=O)C2(c3cccc(Cl)c3)CC2)C1. The molecule has 3 rings (SSSR count). The lowest BCUT2D eigenvalue weighted by molar-refractivity contribution is -0.150. The van der Waals surface area contributed by atoms with E-state index in [2.05, 4.69) is 0 Å². The first-order chi connectivity index (χ1) is 10.4. The molecule has 1 aromatic rings. The molecule has 0 spiro atoms. The van der Waals surface area contributed by atoms with Crippen molar-refractivity contribution in [3.63, 3.8) is 0 Å². The second-order valence-corrected chi connectivity index (χ2v) is 6.75. The number of piperidine rings is 1. The molecule has 1 atom stereocenters. The van der Waals surface area contributed by atoms with E-state index in [4.69, 9.17) is 17.3 Å². The van der Waals surface area contributed by atoms with Crippen LogP contribution in [-0.4, -0.2) is 40.5 Å². The van der Waals surface area contributed by atoms with Crippen LogP contribution in [0.25, 0.3) is 0 Å². The Kier molecular flexibility index (Phi) is 3.65. The van der Waals surface area contributed by atoms with Crippen molar-refractivity contribution in [3.05, 3.63) is 34.9 Å². The largest absolute Gasteiger partial charge is 0.378 e. The lowest BCUT2D eigenvalue weighted by atomic mass is 9.89. The van der Waals surface area contributed by atoms with Crippen molar-refractivity contribution in [1.82, 2.24) is 4.90 Å². The number of β-amino-alcohol motifs (C(OH)–C–C–N with tert-alkyl or cyclic N) is 1. The second kappa shape index (κ2) is 5.25. The number of amides is 2. The summed E-state index contributed by atoms with van der Waals surface area (Å²) in [5.74, 6) is -0.813. The first-order valence-electron chi connectivity index (χ1n) is 7.45. The van der Waals surface area contributed by atoms with Crippen LogP contribution in [0, 0.1) is 0 Å². The third-order valence-corrected chi connectivity index (χ3v) is 4.99. The zero-order valence-corrected chi connectivity index (χ0v) is 13.0. The van der Waals surface area contributed by atoms with Crippen LogP contribution in [0.2, 0.25) is 5.02 Å². The van der Waals surface area contributed by atoms with Gasteiger partial charge in [0.1, 0.15) is 0 Å². The van der Waals surface area contributed by atoms with E-state index >= 15 is 0 Å². The highest BCUT2D eigenvalue weighted by Gasteiger charge is 2.54.